The molecular formula is C18H23ClN6O3. The second-order valence-electron chi connectivity index (χ2n) is 6.83. The van der Waals surface area contributed by atoms with Crippen molar-refractivity contribution in [3.8, 4) is 0 Å². The highest BCUT2D eigenvalue weighted by molar-refractivity contribution is 6.34. The van der Waals surface area contributed by atoms with Crippen molar-refractivity contribution >= 4 is 23.4 Å². The quantitative estimate of drug-likeness (QED) is 0.776. The van der Waals surface area contributed by atoms with Gasteiger partial charge in [-0.05, 0) is 13.8 Å². The van der Waals surface area contributed by atoms with Crippen LogP contribution in [0.25, 0.3) is 0 Å². The van der Waals surface area contributed by atoms with Crippen molar-refractivity contribution in [3.63, 3.8) is 0 Å². The Labute approximate surface area is 167 Å². The van der Waals surface area contributed by atoms with E-state index in [0.29, 0.717) is 42.3 Å². The number of hydrogen-bond acceptors (Lipinski definition) is 6. The lowest BCUT2D eigenvalue weighted by Crippen LogP contribution is -2.55. The van der Waals surface area contributed by atoms with Gasteiger partial charge in [0.05, 0.1) is 34.8 Å². The van der Waals surface area contributed by atoms with Gasteiger partial charge in [-0.2, -0.15) is 5.10 Å². The molecule has 150 valence electrons. The smallest absolute Gasteiger partial charge is 0.275 e. The van der Waals surface area contributed by atoms with Gasteiger partial charge < -0.3 is 15.0 Å². The van der Waals surface area contributed by atoms with Crippen molar-refractivity contribution in [2.24, 2.45) is 0 Å². The monoisotopic (exact) mass is 406 g/mol. The molecule has 1 aliphatic rings. The third-order valence-corrected chi connectivity index (χ3v) is 5.46. The van der Waals surface area contributed by atoms with Gasteiger partial charge in [0.1, 0.15) is 5.60 Å². The number of hydrogen-bond donors (Lipinski definition) is 2. The lowest BCUT2D eigenvalue weighted by molar-refractivity contribution is -0.149. The summed E-state index contributed by atoms with van der Waals surface area (Å²) in [5, 5.41) is 9.87. The van der Waals surface area contributed by atoms with Crippen LogP contribution >= 0.6 is 11.6 Å². The van der Waals surface area contributed by atoms with E-state index in [4.69, 9.17) is 16.3 Å². The zero-order chi connectivity index (χ0) is 20.3. The zero-order valence-electron chi connectivity index (χ0n) is 16.1. The Morgan fingerprint density at radius 2 is 2.00 bits per heavy atom. The summed E-state index contributed by atoms with van der Waals surface area (Å²) in [5.41, 5.74) is 1.34. The number of amides is 2. The second kappa shape index (κ2) is 8.24. The molecule has 2 aromatic rings. The molecule has 0 radical (unpaired) electrons. The fourth-order valence-electron chi connectivity index (χ4n) is 3.14. The molecule has 1 fully saturated rings. The predicted octanol–water partition coefficient (Wildman–Crippen LogP) is 1.41. The van der Waals surface area contributed by atoms with Crippen molar-refractivity contribution in [2.45, 2.75) is 38.8 Å². The Balaban J connectivity index is 1.61. The molecule has 0 saturated carbocycles. The summed E-state index contributed by atoms with van der Waals surface area (Å²) in [6, 6.07) is 0. The Bertz CT molecular complexity index is 859. The lowest BCUT2D eigenvalue weighted by atomic mass is 9.89. The molecule has 10 heteroatoms. The molecule has 2 aromatic heterocycles. The molecule has 1 saturated heterocycles. The Hall–Kier alpha value is -2.52. The third kappa shape index (κ3) is 4.00. The summed E-state index contributed by atoms with van der Waals surface area (Å²) >= 11 is 6.12. The molecule has 9 nitrogen and oxygen atoms in total. The summed E-state index contributed by atoms with van der Waals surface area (Å²) in [6.07, 6.45) is 4.04. The van der Waals surface area contributed by atoms with Crippen LogP contribution in [-0.2, 0) is 16.1 Å². The fraction of sp³-hybridized carbons (Fsp3) is 0.500. The topological polar surface area (TPSA) is 113 Å². The van der Waals surface area contributed by atoms with E-state index in [0.717, 1.165) is 5.69 Å². The number of carbonyl (C=O) groups is 2. The molecular weight excluding hydrogens is 384 g/mol. The number of aryl methyl sites for hydroxylation is 2. The summed E-state index contributed by atoms with van der Waals surface area (Å²) in [7, 11) is 1.51. The van der Waals surface area contributed by atoms with E-state index < -0.39 is 5.60 Å². The highest BCUT2D eigenvalue weighted by Crippen LogP contribution is 2.28. The number of nitrogens with zero attached hydrogens (tertiary/aromatic N) is 4. The molecule has 28 heavy (non-hydrogen) atoms. The molecule has 0 atom stereocenters. The number of piperidine rings is 1. The first-order valence-corrected chi connectivity index (χ1v) is 9.35. The van der Waals surface area contributed by atoms with E-state index in [1.807, 2.05) is 6.92 Å². The molecule has 2 N–H and O–H groups in total. The zero-order valence-corrected chi connectivity index (χ0v) is 16.8. The number of halogens is 1. The van der Waals surface area contributed by atoms with Gasteiger partial charge in [-0.15, -0.1) is 0 Å². The van der Waals surface area contributed by atoms with Crippen LogP contribution in [0.1, 0.15) is 40.4 Å². The van der Waals surface area contributed by atoms with Crippen LogP contribution in [0.2, 0.25) is 5.02 Å². The standard InChI is InChI=1S/C18H23ClN6O3/c1-11-8-21-13(9-20-11)10-22-17(27)18(28-3)4-6-25(7-5-18)16(26)15-14(19)12(2)23-24-15/h8-9H,4-7,10H2,1-3H3,(H,22,27)(H,23,24). The number of aromatic amines is 1. The van der Waals surface area contributed by atoms with Crippen LogP contribution < -0.4 is 5.32 Å². The first kappa shape index (κ1) is 20.2. The van der Waals surface area contributed by atoms with Gasteiger partial charge in [0.25, 0.3) is 11.8 Å². The Morgan fingerprint density at radius 3 is 2.54 bits per heavy atom. The highest BCUT2D eigenvalue weighted by Gasteiger charge is 2.43. The van der Waals surface area contributed by atoms with Gasteiger partial charge >= 0.3 is 0 Å². The molecule has 0 spiro atoms. The maximum absolute atomic E-state index is 12.8. The van der Waals surface area contributed by atoms with E-state index >= 15 is 0 Å². The molecule has 3 rings (SSSR count). The maximum Gasteiger partial charge on any atom is 0.275 e. The van der Waals surface area contributed by atoms with Crippen molar-refractivity contribution in [3.05, 3.63) is 40.2 Å². The minimum Gasteiger partial charge on any atom is -0.368 e. The van der Waals surface area contributed by atoms with E-state index in [-0.39, 0.29) is 24.1 Å². The molecule has 0 bridgehead atoms. The summed E-state index contributed by atoms with van der Waals surface area (Å²) in [5.74, 6) is -0.479. The third-order valence-electron chi connectivity index (χ3n) is 5.00. The van der Waals surface area contributed by atoms with Crippen molar-refractivity contribution < 1.29 is 14.3 Å². The molecule has 0 aliphatic carbocycles. The summed E-state index contributed by atoms with van der Waals surface area (Å²) in [4.78, 5) is 35.4. The number of rotatable bonds is 5. The van der Waals surface area contributed by atoms with Crippen LogP contribution in [-0.4, -0.2) is 62.7 Å². The lowest BCUT2D eigenvalue weighted by Gasteiger charge is -2.39. The average molecular weight is 407 g/mol. The minimum absolute atomic E-state index is 0.200. The number of carbonyl (C=O) groups excluding carboxylic acids is 2. The van der Waals surface area contributed by atoms with E-state index in [2.05, 4.69) is 25.5 Å². The van der Waals surface area contributed by atoms with Crippen molar-refractivity contribution in [1.82, 2.24) is 30.4 Å². The normalized spacial score (nSPS) is 16.1. The van der Waals surface area contributed by atoms with Crippen LogP contribution in [0.4, 0.5) is 0 Å². The second-order valence-corrected chi connectivity index (χ2v) is 7.21. The fourth-order valence-corrected chi connectivity index (χ4v) is 3.31. The summed E-state index contributed by atoms with van der Waals surface area (Å²) in [6.45, 7) is 4.60. The largest absolute Gasteiger partial charge is 0.368 e. The molecule has 2 amide bonds. The molecule has 3 heterocycles. The number of likely N-dealkylation sites (tertiary alicyclic amines) is 1. The van der Waals surface area contributed by atoms with Gasteiger partial charge in [-0.25, -0.2) is 0 Å². The van der Waals surface area contributed by atoms with Crippen molar-refractivity contribution in [2.75, 3.05) is 20.2 Å². The number of nitrogens with one attached hydrogen (secondary N) is 2. The van der Waals surface area contributed by atoms with Crippen LogP contribution in [0.15, 0.2) is 12.4 Å². The first-order chi connectivity index (χ1) is 13.4. The summed E-state index contributed by atoms with van der Waals surface area (Å²) < 4.78 is 5.58. The van der Waals surface area contributed by atoms with Crippen molar-refractivity contribution in [1.29, 1.82) is 0 Å². The Kier molecular flexibility index (Phi) is 5.95. The number of aromatic nitrogens is 4. The predicted molar refractivity (Wildman–Crippen MR) is 102 cm³/mol. The molecule has 0 aromatic carbocycles. The van der Waals surface area contributed by atoms with Crippen LogP contribution in [0.5, 0.6) is 0 Å². The molecule has 1 aliphatic heterocycles. The number of methoxy groups -OCH3 is 1. The van der Waals surface area contributed by atoms with Crippen LogP contribution in [0.3, 0.4) is 0 Å². The molecule has 0 unspecified atom stereocenters. The average Bonchev–Trinajstić information content (AvgIpc) is 3.05. The van der Waals surface area contributed by atoms with Gasteiger partial charge in [-0.1, -0.05) is 11.6 Å². The van der Waals surface area contributed by atoms with Gasteiger partial charge in [0.2, 0.25) is 0 Å². The highest BCUT2D eigenvalue weighted by atomic mass is 35.5. The number of ether oxygens (including phenoxy) is 1. The van der Waals surface area contributed by atoms with E-state index in [1.54, 1.807) is 24.2 Å². The number of H-pyrrole nitrogens is 1. The van der Waals surface area contributed by atoms with Crippen LogP contribution in [0, 0.1) is 13.8 Å². The van der Waals surface area contributed by atoms with E-state index in [1.165, 1.54) is 7.11 Å². The van der Waals surface area contributed by atoms with Gasteiger partial charge in [-0.3, -0.25) is 24.7 Å². The van der Waals surface area contributed by atoms with E-state index in [9.17, 15) is 9.59 Å². The minimum atomic E-state index is -0.986. The SMILES string of the molecule is COC1(C(=O)NCc2cnc(C)cn2)CCN(C(=O)c2n[nH]c(C)c2Cl)CC1. The first-order valence-electron chi connectivity index (χ1n) is 8.97. The maximum atomic E-state index is 12.8. The van der Waals surface area contributed by atoms with Gasteiger partial charge in [0.15, 0.2) is 5.69 Å². The van der Waals surface area contributed by atoms with Gasteiger partial charge in [0, 0.05) is 39.2 Å². The Morgan fingerprint density at radius 1 is 1.29 bits per heavy atom.